The Morgan fingerprint density at radius 3 is 2.26 bits per heavy atom. The highest BCUT2D eigenvalue weighted by atomic mass is 79.9. The molecule has 1 atom stereocenters. The minimum absolute atomic E-state index is 0.228. The van der Waals surface area contributed by atoms with Crippen molar-refractivity contribution in [1.29, 1.82) is 0 Å². The predicted molar refractivity (Wildman–Crippen MR) is 133 cm³/mol. The van der Waals surface area contributed by atoms with Crippen LogP contribution >= 0.6 is 15.9 Å². The van der Waals surface area contributed by atoms with Crippen LogP contribution in [0.15, 0.2) is 57.4 Å². The molecule has 1 unspecified atom stereocenters. The van der Waals surface area contributed by atoms with E-state index in [2.05, 4.69) is 20.8 Å². The summed E-state index contributed by atoms with van der Waals surface area (Å²) in [5, 5.41) is 0. The standard InChI is InChI=1S/C26H28BrNO6/c1-4-33-26(17-5-7-19(8-6-17)28-11-13-32-14-12-28)25(29)21-10-9-20(34-21)18-15-22(30-2)24(27)23(16-18)31-3/h5-10,15-16,26H,4,11-14H2,1-3H3. The first-order valence-electron chi connectivity index (χ1n) is 11.2. The van der Waals surface area contributed by atoms with E-state index in [1.807, 2.05) is 43.3 Å². The molecule has 0 radical (unpaired) electrons. The summed E-state index contributed by atoms with van der Waals surface area (Å²) in [7, 11) is 3.16. The van der Waals surface area contributed by atoms with Gasteiger partial charge in [-0.3, -0.25) is 4.79 Å². The van der Waals surface area contributed by atoms with Crippen LogP contribution in [0.5, 0.6) is 11.5 Å². The number of methoxy groups -OCH3 is 2. The highest BCUT2D eigenvalue weighted by Gasteiger charge is 2.26. The second-order valence-electron chi connectivity index (χ2n) is 7.75. The first-order valence-corrected chi connectivity index (χ1v) is 11.9. The van der Waals surface area contributed by atoms with Crippen LogP contribution in [0.25, 0.3) is 11.3 Å². The number of Topliss-reactive ketones (excluding diaryl/α,β-unsaturated/α-hetero) is 1. The third-order valence-electron chi connectivity index (χ3n) is 5.72. The molecule has 1 aromatic heterocycles. The topological polar surface area (TPSA) is 70.4 Å². The summed E-state index contributed by atoms with van der Waals surface area (Å²) in [5.74, 6) is 1.73. The van der Waals surface area contributed by atoms with E-state index in [0.29, 0.717) is 28.3 Å². The number of carbonyl (C=O) groups excluding carboxylic acids is 1. The lowest BCUT2D eigenvalue weighted by molar-refractivity contribution is 0.0429. The Hall–Kier alpha value is -2.81. The monoisotopic (exact) mass is 529 g/mol. The lowest BCUT2D eigenvalue weighted by atomic mass is 10.0. The van der Waals surface area contributed by atoms with Gasteiger partial charge in [-0.25, -0.2) is 0 Å². The van der Waals surface area contributed by atoms with E-state index in [9.17, 15) is 4.79 Å². The van der Waals surface area contributed by atoms with Gasteiger partial charge in [0.15, 0.2) is 5.76 Å². The zero-order valence-electron chi connectivity index (χ0n) is 19.5. The number of nitrogens with zero attached hydrogens (tertiary/aromatic N) is 1. The average Bonchev–Trinajstić information content (AvgIpc) is 3.38. The van der Waals surface area contributed by atoms with Gasteiger partial charge >= 0.3 is 0 Å². The normalized spacial score (nSPS) is 14.6. The van der Waals surface area contributed by atoms with Crippen LogP contribution in [-0.2, 0) is 9.47 Å². The van der Waals surface area contributed by atoms with Gasteiger partial charge in [-0.1, -0.05) is 12.1 Å². The first kappa shape index (κ1) is 24.3. The molecule has 0 aliphatic carbocycles. The Bertz CT molecular complexity index is 1100. The molecule has 1 aliphatic heterocycles. The molecule has 0 bridgehead atoms. The van der Waals surface area contributed by atoms with Crippen LogP contribution in [0.4, 0.5) is 5.69 Å². The number of ketones is 1. The minimum Gasteiger partial charge on any atom is -0.495 e. The zero-order valence-corrected chi connectivity index (χ0v) is 21.1. The average molecular weight is 530 g/mol. The van der Waals surface area contributed by atoms with E-state index in [1.54, 1.807) is 26.4 Å². The smallest absolute Gasteiger partial charge is 0.231 e. The number of rotatable bonds is 9. The van der Waals surface area contributed by atoms with E-state index in [4.69, 9.17) is 23.4 Å². The second-order valence-corrected chi connectivity index (χ2v) is 8.54. The Morgan fingerprint density at radius 1 is 1.03 bits per heavy atom. The third kappa shape index (κ3) is 5.14. The number of anilines is 1. The van der Waals surface area contributed by atoms with E-state index in [-0.39, 0.29) is 11.5 Å². The van der Waals surface area contributed by atoms with E-state index in [1.165, 1.54) is 0 Å². The Morgan fingerprint density at radius 2 is 1.68 bits per heavy atom. The molecular weight excluding hydrogens is 502 g/mol. The van der Waals surface area contributed by atoms with Crippen molar-refractivity contribution in [2.45, 2.75) is 13.0 Å². The van der Waals surface area contributed by atoms with Crippen LogP contribution < -0.4 is 14.4 Å². The predicted octanol–water partition coefficient (Wildman–Crippen LogP) is 5.52. The van der Waals surface area contributed by atoms with Crippen molar-refractivity contribution in [1.82, 2.24) is 0 Å². The zero-order chi connectivity index (χ0) is 24.1. The molecule has 4 rings (SSSR count). The van der Waals surface area contributed by atoms with Gasteiger partial charge < -0.3 is 28.3 Å². The van der Waals surface area contributed by atoms with E-state index in [0.717, 1.165) is 43.1 Å². The quantitative estimate of drug-likeness (QED) is 0.338. The fraction of sp³-hybridized carbons (Fsp3) is 0.346. The van der Waals surface area contributed by atoms with Gasteiger partial charge in [0.2, 0.25) is 5.78 Å². The van der Waals surface area contributed by atoms with Crippen molar-refractivity contribution in [3.05, 3.63) is 64.3 Å². The van der Waals surface area contributed by atoms with Crippen molar-refractivity contribution in [2.75, 3.05) is 52.0 Å². The van der Waals surface area contributed by atoms with Gasteiger partial charge in [-0.2, -0.15) is 0 Å². The van der Waals surface area contributed by atoms with Crippen molar-refractivity contribution in [2.24, 2.45) is 0 Å². The molecule has 7 nitrogen and oxygen atoms in total. The molecule has 2 heterocycles. The molecule has 3 aromatic rings. The van der Waals surface area contributed by atoms with Gasteiger partial charge in [-0.05, 0) is 64.8 Å². The Kier molecular flexibility index (Phi) is 7.92. The van der Waals surface area contributed by atoms with Gasteiger partial charge in [0.25, 0.3) is 0 Å². The van der Waals surface area contributed by atoms with E-state index >= 15 is 0 Å². The van der Waals surface area contributed by atoms with Crippen molar-refractivity contribution in [3.8, 4) is 22.8 Å². The fourth-order valence-corrected chi connectivity index (χ4v) is 4.49. The fourth-order valence-electron chi connectivity index (χ4n) is 3.94. The first-order chi connectivity index (χ1) is 16.5. The maximum absolute atomic E-state index is 13.4. The molecule has 0 saturated carbocycles. The highest BCUT2D eigenvalue weighted by Crippen LogP contribution is 2.39. The lowest BCUT2D eigenvalue weighted by Gasteiger charge is -2.29. The number of benzene rings is 2. The number of morpholine rings is 1. The Labute approximate surface area is 207 Å². The van der Waals surface area contributed by atoms with Gasteiger partial charge in [0.05, 0.1) is 27.4 Å². The second kappa shape index (κ2) is 11.1. The van der Waals surface area contributed by atoms with Gasteiger partial charge in [0, 0.05) is 30.9 Å². The van der Waals surface area contributed by atoms with Crippen LogP contribution in [0.1, 0.15) is 29.1 Å². The summed E-state index contributed by atoms with van der Waals surface area (Å²) in [6, 6.07) is 15.0. The SMILES string of the molecule is CCOC(C(=O)c1ccc(-c2cc(OC)c(Br)c(OC)c2)o1)c1ccc(N2CCOCC2)cc1. The molecule has 1 saturated heterocycles. The summed E-state index contributed by atoms with van der Waals surface area (Å²) >= 11 is 3.47. The molecule has 34 heavy (non-hydrogen) atoms. The van der Waals surface area contributed by atoms with Crippen molar-refractivity contribution in [3.63, 3.8) is 0 Å². The van der Waals surface area contributed by atoms with Gasteiger partial charge in [0.1, 0.15) is 27.8 Å². The molecule has 8 heteroatoms. The number of ether oxygens (including phenoxy) is 4. The molecule has 0 N–H and O–H groups in total. The van der Waals surface area contributed by atoms with Crippen molar-refractivity contribution >= 4 is 27.4 Å². The Balaban J connectivity index is 1.57. The molecule has 1 fully saturated rings. The van der Waals surface area contributed by atoms with Crippen LogP contribution in [0.3, 0.4) is 0 Å². The van der Waals surface area contributed by atoms with E-state index < -0.39 is 6.10 Å². The van der Waals surface area contributed by atoms with Gasteiger partial charge in [-0.15, -0.1) is 0 Å². The number of furan rings is 1. The maximum Gasteiger partial charge on any atom is 0.231 e. The third-order valence-corrected chi connectivity index (χ3v) is 6.50. The molecule has 0 spiro atoms. The molecule has 180 valence electrons. The molecule has 0 amide bonds. The maximum atomic E-state index is 13.4. The highest BCUT2D eigenvalue weighted by molar-refractivity contribution is 9.10. The molecule has 2 aromatic carbocycles. The number of hydrogen-bond acceptors (Lipinski definition) is 7. The summed E-state index contributed by atoms with van der Waals surface area (Å²) in [6.45, 7) is 5.42. The summed E-state index contributed by atoms with van der Waals surface area (Å²) in [4.78, 5) is 15.6. The molecular formula is C26H28BrNO6. The number of carbonyl (C=O) groups is 1. The summed E-state index contributed by atoms with van der Waals surface area (Å²) in [5.41, 5.74) is 2.63. The molecule has 1 aliphatic rings. The summed E-state index contributed by atoms with van der Waals surface area (Å²) < 4.78 is 28.8. The lowest BCUT2D eigenvalue weighted by Crippen LogP contribution is -2.36. The van der Waals surface area contributed by atoms with Crippen LogP contribution in [0, 0.1) is 0 Å². The number of hydrogen-bond donors (Lipinski definition) is 0. The summed E-state index contributed by atoms with van der Waals surface area (Å²) in [6.07, 6.45) is -0.753. The van der Waals surface area contributed by atoms with Crippen LogP contribution in [-0.4, -0.2) is 52.9 Å². The van der Waals surface area contributed by atoms with Crippen LogP contribution in [0.2, 0.25) is 0 Å². The minimum atomic E-state index is -0.753. The largest absolute Gasteiger partial charge is 0.495 e. The van der Waals surface area contributed by atoms with Crippen molar-refractivity contribution < 1.29 is 28.2 Å². The number of halogens is 1.